The summed E-state index contributed by atoms with van der Waals surface area (Å²) in [6, 6.07) is 0.145. The number of rotatable bonds is 5. The Morgan fingerprint density at radius 1 is 1.52 bits per heavy atom. The van der Waals surface area contributed by atoms with Crippen LogP contribution in [-0.2, 0) is 11.3 Å². The highest BCUT2D eigenvalue weighted by molar-refractivity contribution is 9.10. The predicted molar refractivity (Wildman–Crippen MR) is 87.9 cm³/mol. The number of aromatic nitrogens is 2. The first-order valence-corrected chi connectivity index (χ1v) is 8.82. The van der Waals surface area contributed by atoms with Crippen molar-refractivity contribution in [2.24, 2.45) is 17.8 Å². The van der Waals surface area contributed by atoms with E-state index < -0.39 is 4.92 Å². The van der Waals surface area contributed by atoms with Gasteiger partial charge in [0, 0.05) is 6.04 Å². The van der Waals surface area contributed by atoms with Crippen LogP contribution < -0.4 is 5.32 Å². The summed E-state index contributed by atoms with van der Waals surface area (Å²) in [6.07, 6.45) is 5.14. The fraction of sp³-hybridized carbons (Fsp3) is 0.733. The summed E-state index contributed by atoms with van der Waals surface area (Å²) in [4.78, 5) is 22.6. The van der Waals surface area contributed by atoms with Crippen LogP contribution in [0.15, 0.2) is 4.47 Å². The average Bonchev–Trinajstić information content (AvgIpc) is 3.17. The van der Waals surface area contributed by atoms with Crippen molar-refractivity contribution in [3.8, 4) is 0 Å². The van der Waals surface area contributed by atoms with Gasteiger partial charge in [0.1, 0.15) is 11.0 Å². The first kappa shape index (κ1) is 16.4. The summed E-state index contributed by atoms with van der Waals surface area (Å²) in [5, 5.41) is 17.9. The maximum atomic E-state index is 12.3. The molecule has 0 unspecified atom stereocenters. The largest absolute Gasteiger partial charge is 0.404 e. The third-order valence-corrected chi connectivity index (χ3v) is 6.34. The third kappa shape index (κ3) is 3.13. The summed E-state index contributed by atoms with van der Waals surface area (Å²) >= 11 is 3.16. The Bertz CT molecular complexity index is 645. The highest BCUT2D eigenvalue weighted by Crippen LogP contribution is 2.49. The number of carbonyl (C=O) groups is 1. The van der Waals surface area contributed by atoms with Gasteiger partial charge in [-0.3, -0.25) is 4.79 Å². The number of nitrogens with one attached hydrogen (secondary N) is 1. The van der Waals surface area contributed by atoms with Crippen molar-refractivity contribution in [3.63, 3.8) is 0 Å². The molecule has 23 heavy (non-hydrogen) atoms. The molecule has 1 heterocycles. The van der Waals surface area contributed by atoms with Crippen molar-refractivity contribution < 1.29 is 9.72 Å². The number of halogens is 1. The molecule has 1 amide bonds. The predicted octanol–water partition coefficient (Wildman–Crippen LogP) is 2.80. The molecule has 2 aliphatic rings. The minimum atomic E-state index is -0.552. The Hall–Kier alpha value is -1.44. The molecule has 2 aliphatic carbocycles. The number of nitro groups is 1. The zero-order chi connectivity index (χ0) is 16.7. The molecule has 0 aromatic carbocycles. The molecular formula is C15H21BrN4O3. The molecule has 1 aromatic heterocycles. The average molecular weight is 385 g/mol. The molecule has 2 saturated carbocycles. The molecule has 0 radical (unpaired) electrons. The van der Waals surface area contributed by atoms with Crippen molar-refractivity contribution in [3.05, 3.63) is 20.3 Å². The summed E-state index contributed by atoms with van der Waals surface area (Å²) < 4.78 is 1.71. The van der Waals surface area contributed by atoms with Gasteiger partial charge in [-0.2, -0.15) is 4.68 Å². The first-order chi connectivity index (χ1) is 10.9. The van der Waals surface area contributed by atoms with Crippen LogP contribution in [0.2, 0.25) is 0 Å². The number of fused-ring (bicyclic) bond motifs is 2. The van der Waals surface area contributed by atoms with Crippen LogP contribution in [0, 0.1) is 34.8 Å². The zero-order valence-corrected chi connectivity index (χ0v) is 14.9. The quantitative estimate of drug-likeness (QED) is 0.624. The van der Waals surface area contributed by atoms with Gasteiger partial charge in [-0.05, 0) is 71.7 Å². The van der Waals surface area contributed by atoms with Crippen LogP contribution in [0.25, 0.3) is 0 Å². The molecule has 1 aromatic rings. The second kappa shape index (κ2) is 6.22. The minimum absolute atomic E-state index is 0.00340. The first-order valence-electron chi connectivity index (χ1n) is 8.03. The fourth-order valence-electron chi connectivity index (χ4n) is 4.23. The van der Waals surface area contributed by atoms with Crippen molar-refractivity contribution >= 4 is 27.7 Å². The van der Waals surface area contributed by atoms with Gasteiger partial charge in [-0.15, -0.1) is 0 Å². The lowest BCUT2D eigenvalue weighted by molar-refractivity contribution is -0.390. The number of nitrogens with zero attached hydrogens (tertiary/aromatic N) is 3. The Balaban J connectivity index is 1.61. The van der Waals surface area contributed by atoms with Crippen LogP contribution in [0.5, 0.6) is 0 Å². The van der Waals surface area contributed by atoms with Gasteiger partial charge < -0.3 is 15.4 Å². The van der Waals surface area contributed by atoms with Crippen LogP contribution in [0.4, 0.5) is 5.82 Å². The molecule has 3 rings (SSSR count). The monoisotopic (exact) mass is 384 g/mol. The van der Waals surface area contributed by atoms with E-state index in [1.165, 1.54) is 30.4 Å². The van der Waals surface area contributed by atoms with Crippen molar-refractivity contribution in [2.45, 2.75) is 52.1 Å². The standard InChI is InChI=1S/C15H21BrN4O3/c1-8(12-6-10-3-4-11(12)5-10)17-13(21)7-19-9(2)14(16)15(18-19)20(22)23/h8,10-12H,3-7H2,1-2H3,(H,17,21)/t8-,10-,11-,12+/m0/s1. The topological polar surface area (TPSA) is 90.1 Å². The summed E-state index contributed by atoms with van der Waals surface area (Å²) in [5.41, 5.74) is 0.583. The molecule has 1 N–H and O–H groups in total. The van der Waals surface area contributed by atoms with Crippen LogP contribution >= 0.6 is 15.9 Å². The summed E-state index contributed by atoms with van der Waals surface area (Å²) in [5.74, 6) is 1.76. The second-order valence-electron chi connectivity index (χ2n) is 6.83. The minimum Gasteiger partial charge on any atom is -0.358 e. The van der Waals surface area contributed by atoms with Crippen molar-refractivity contribution in [1.29, 1.82) is 0 Å². The maximum Gasteiger partial charge on any atom is 0.404 e. The second-order valence-corrected chi connectivity index (χ2v) is 7.63. The van der Waals surface area contributed by atoms with Gasteiger partial charge in [0.25, 0.3) is 0 Å². The van der Waals surface area contributed by atoms with E-state index >= 15 is 0 Å². The molecular weight excluding hydrogens is 364 g/mol. The lowest BCUT2D eigenvalue weighted by Crippen LogP contribution is -2.41. The fourth-order valence-corrected chi connectivity index (χ4v) is 4.66. The normalized spacial score (nSPS) is 27.2. The van der Waals surface area contributed by atoms with Gasteiger partial charge in [0.2, 0.25) is 5.91 Å². The van der Waals surface area contributed by atoms with Crippen LogP contribution in [-0.4, -0.2) is 26.7 Å². The molecule has 0 spiro atoms. The van der Waals surface area contributed by atoms with E-state index in [1.807, 2.05) is 0 Å². The van der Waals surface area contributed by atoms with Gasteiger partial charge in [-0.25, -0.2) is 0 Å². The highest BCUT2D eigenvalue weighted by Gasteiger charge is 2.42. The van der Waals surface area contributed by atoms with Gasteiger partial charge in [-0.1, -0.05) is 6.42 Å². The SMILES string of the molecule is Cc1c(Br)c([N+](=O)[O-])nn1CC(=O)N[C@@H](C)[C@H]1C[C@H]2CC[C@H]1C2. The van der Waals surface area contributed by atoms with Crippen LogP contribution in [0.1, 0.15) is 38.3 Å². The van der Waals surface area contributed by atoms with E-state index in [9.17, 15) is 14.9 Å². The molecule has 8 heteroatoms. The summed E-state index contributed by atoms with van der Waals surface area (Å²) in [6.45, 7) is 3.78. The van der Waals surface area contributed by atoms with E-state index in [0.717, 1.165) is 11.8 Å². The summed E-state index contributed by atoms with van der Waals surface area (Å²) in [7, 11) is 0. The Morgan fingerprint density at radius 2 is 2.26 bits per heavy atom. The van der Waals surface area contributed by atoms with Crippen LogP contribution in [0.3, 0.4) is 0 Å². The number of amides is 1. The van der Waals surface area contributed by atoms with Crippen molar-refractivity contribution in [2.75, 3.05) is 0 Å². The highest BCUT2D eigenvalue weighted by atomic mass is 79.9. The Labute approximate surface area is 143 Å². The van der Waals surface area contributed by atoms with E-state index in [-0.39, 0.29) is 24.3 Å². The molecule has 2 bridgehead atoms. The van der Waals surface area contributed by atoms with E-state index in [0.29, 0.717) is 16.1 Å². The van der Waals surface area contributed by atoms with Crippen molar-refractivity contribution in [1.82, 2.24) is 15.1 Å². The lowest BCUT2D eigenvalue weighted by atomic mass is 9.84. The number of hydrogen-bond donors (Lipinski definition) is 1. The number of carbonyl (C=O) groups excluding carboxylic acids is 1. The van der Waals surface area contributed by atoms with Gasteiger partial charge in [0.05, 0.1) is 10.8 Å². The third-order valence-electron chi connectivity index (χ3n) is 5.41. The van der Waals surface area contributed by atoms with Gasteiger partial charge in [0.15, 0.2) is 0 Å². The Kier molecular flexibility index (Phi) is 4.44. The molecule has 7 nitrogen and oxygen atoms in total. The van der Waals surface area contributed by atoms with E-state index in [1.54, 1.807) is 6.92 Å². The molecule has 2 fully saturated rings. The maximum absolute atomic E-state index is 12.3. The molecule has 0 aliphatic heterocycles. The van der Waals surface area contributed by atoms with Gasteiger partial charge >= 0.3 is 5.82 Å². The van der Waals surface area contributed by atoms with E-state index in [4.69, 9.17) is 0 Å². The van der Waals surface area contributed by atoms with E-state index in [2.05, 4.69) is 33.3 Å². The molecule has 126 valence electrons. The lowest BCUT2D eigenvalue weighted by Gasteiger charge is -2.28. The zero-order valence-electron chi connectivity index (χ0n) is 13.3. The smallest absolute Gasteiger partial charge is 0.358 e. The molecule has 0 saturated heterocycles. The molecule has 4 atom stereocenters. The Morgan fingerprint density at radius 3 is 2.78 bits per heavy atom. The number of hydrogen-bond acceptors (Lipinski definition) is 4.